The Labute approximate surface area is 125 Å². The smallest absolute Gasteiger partial charge is 0.0717 e. The lowest BCUT2D eigenvalue weighted by Crippen LogP contribution is -2.32. The molecule has 0 spiro atoms. The summed E-state index contributed by atoms with van der Waals surface area (Å²) in [6.45, 7) is 5.68. The van der Waals surface area contributed by atoms with Crippen LogP contribution in [0.3, 0.4) is 0 Å². The molecule has 1 aromatic heterocycles. The number of nitrogens with one attached hydrogen (secondary N) is 1. The lowest BCUT2D eigenvalue weighted by molar-refractivity contribution is 0.220. The van der Waals surface area contributed by atoms with E-state index in [2.05, 4.69) is 46.1 Å². The molecule has 0 aromatic carbocycles. The molecule has 2 nitrogen and oxygen atoms in total. The summed E-state index contributed by atoms with van der Waals surface area (Å²) in [5.41, 5.74) is 1.19. The SMILES string of the molecule is CCCNC(c1ncccc1Br)C1CCCC(C)C1. The van der Waals surface area contributed by atoms with E-state index in [0.29, 0.717) is 6.04 Å². The molecule has 19 heavy (non-hydrogen) atoms. The Morgan fingerprint density at radius 2 is 2.32 bits per heavy atom. The minimum absolute atomic E-state index is 0.401. The van der Waals surface area contributed by atoms with Crippen molar-refractivity contribution in [3.05, 3.63) is 28.5 Å². The number of nitrogens with zero attached hydrogens (tertiary/aromatic N) is 1. The van der Waals surface area contributed by atoms with Crippen LogP contribution in [0.25, 0.3) is 0 Å². The highest BCUT2D eigenvalue weighted by atomic mass is 79.9. The summed E-state index contributed by atoms with van der Waals surface area (Å²) in [7, 11) is 0. The highest BCUT2D eigenvalue weighted by molar-refractivity contribution is 9.10. The summed E-state index contributed by atoms with van der Waals surface area (Å²) in [5, 5.41) is 3.72. The maximum Gasteiger partial charge on any atom is 0.0717 e. The third kappa shape index (κ3) is 4.03. The molecular formula is C16H25BrN2. The molecule has 3 heteroatoms. The first-order valence-electron chi connectivity index (χ1n) is 7.56. The van der Waals surface area contributed by atoms with Crippen LogP contribution >= 0.6 is 15.9 Å². The van der Waals surface area contributed by atoms with Gasteiger partial charge in [-0.1, -0.05) is 26.7 Å². The van der Waals surface area contributed by atoms with Gasteiger partial charge in [-0.05, 0) is 65.7 Å². The first-order valence-corrected chi connectivity index (χ1v) is 8.35. The van der Waals surface area contributed by atoms with Crippen molar-refractivity contribution in [2.75, 3.05) is 6.54 Å². The van der Waals surface area contributed by atoms with Gasteiger partial charge in [-0.15, -0.1) is 0 Å². The molecule has 1 heterocycles. The van der Waals surface area contributed by atoms with Gasteiger partial charge < -0.3 is 5.32 Å². The molecule has 1 aliphatic carbocycles. The van der Waals surface area contributed by atoms with Crippen molar-refractivity contribution >= 4 is 15.9 Å². The second-order valence-corrected chi connectivity index (χ2v) is 6.69. The molecule has 1 aliphatic rings. The van der Waals surface area contributed by atoms with Gasteiger partial charge in [0.1, 0.15) is 0 Å². The van der Waals surface area contributed by atoms with E-state index in [1.807, 2.05) is 12.3 Å². The first-order chi connectivity index (χ1) is 9.22. The van der Waals surface area contributed by atoms with Crippen molar-refractivity contribution in [1.29, 1.82) is 0 Å². The summed E-state index contributed by atoms with van der Waals surface area (Å²) in [5.74, 6) is 1.58. The molecule has 0 amide bonds. The fourth-order valence-corrected chi connectivity index (χ4v) is 3.70. The molecule has 3 unspecified atom stereocenters. The van der Waals surface area contributed by atoms with Gasteiger partial charge in [0.25, 0.3) is 0 Å². The van der Waals surface area contributed by atoms with Gasteiger partial charge in [0, 0.05) is 10.7 Å². The Morgan fingerprint density at radius 1 is 1.47 bits per heavy atom. The predicted octanol–water partition coefficient (Wildman–Crippen LogP) is 4.71. The van der Waals surface area contributed by atoms with Gasteiger partial charge in [0.2, 0.25) is 0 Å². The van der Waals surface area contributed by atoms with Crippen LogP contribution in [0.4, 0.5) is 0 Å². The lowest BCUT2D eigenvalue weighted by Gasteiger charge is -2.34. The van der Waals surface area contributed by atoms with Crippen LogP contribution in [-0.4, -0.2) is 11.5 Å². The van der Waals surface area contributed by atoms with E-state index >= 15 is 0 Å². The van der Waals surface area contributed by atoms with Gasteiger partial charge in [0.15, 0.2) is 0 Å². The van der Waals surface area contributed by atoms with E-state index in [4.69, 9.17) is 0 Å². The van der Waals surface area contributed by atoms with E-state index in [9.17, 15) is 0 Å². The van der Waals surface area contributed by atoms with Crippen LogP contribution in [0.5, 0.6) is 0 Å². The number of aromatic nitrogens is 1. The van der Waals surface area contributed by atoms with Crippen molar-refractivity contribution in [1.82, 2.24) is 10.3 Å². The maximum absolute atomic E-state index is 4.62. The first kappa shape index (κ1) is 15.0. The van der Waals surface area contributed by atoms with Crippen LogP contribution in [0.1, 0.15) is 57.7 Å². The average Bonchev–Trinajstić information content (AvgIpc) is 2.41. The molecular weight excluding hydrogens is 300 g/mol. The number of pyridine rings is 1. The van der Waals surface area contributed by atoms with Gasteiger partial charge in [-0.3, -0.25) is 4.98 Å². The van der Waals surface area contributed by atoms with Crippen molar-refractivity contribution in [3.63, 3.8) is 0 Å². The highest BCUT2D eigenvalue weighted by Crippen LogP contribution is 2.38. The zero-order valence-electron chi connectivity index (χ0n) is 12.0. The summed E-state index contributed by atoms with van der Waals surface area (Å²) in [4.78, 5) is 4.62. The van der Waals surface area contributed by atoms with E-state index in [1.54, 1.807) is 0 Å². The molecule has 0 radical (unpaired) electrons. The highest BCUT2D eigenvalue weighted by Gasteiger charge is 2.29. The second-order valence-electron chi connectivity index (χ2n) is 5.83. The van der Waals surface area contributed by atoms with E-state index in [1.165, 1.54) is 37.8 Å². The van der Waals surface area contributed by atoms with Gasteiger partial charge in [-0.2, -0.15) is 0 Å². The molecule has 0 bridgehead atoms. The number of hydrogen-bond acceptors (Lipinski definition) is 2. The third-order valence-corrected chi connectivity index (χ3v) is 4.81. The van der Waals surface area contributed by atoms with Crippen LogP contribution in [-0.2, 0) is 0 Å². The van der Waals surface area contributed by atoms with Crippen LogP contribution < -0.4 is 5.32 Å². The Morgan fingerprint density at radius 3 is 3.00 bits per heavy atom. The van der Waals surface area contributed by atoms with Crippen molar-refractivity contribution < 1.29 is 0 Å². The van der Waals surface area contributed by atoms with Crippen molar-refractivity contribution in [2.24, 2.45) is 11.8 Å². The molecule has 0 aliphatic heterocycles. The molecule has 1 saturated carbocycles. The van der Waals surface area contributed by atoms with Crippen molar-refractivity contribution in [2.45, 2.75) is 52.0 Å². The zero-order valence-corrected chi connectivity index (χ0v) is 13.6. The largest absolute Gasteiger partial charge is 0.308 e. The lowest BCUT2D eigenvalue weighted by atomic mass is 9.77. The Kier molecular flexibility index (Phi) is 5.83. The van der Waals surface area contributed by atoms with Gasteiger partial charge >= 0.3 is 0 Å². The van der Waals surface area contributed by atoms with Crippen molar-refractivity contribution in [3.8, 4) is 0 Å². The zero-order chi connectivity index (χ0) is 13.7. The normalized spacial score (nSPS) is 25.2. The molecule has 1 aromatic rings. The molecule has 106 valence electrons. The molecule has 3 atom stereocenters. The van der Waals surface area contributed by atoms with Gasteiger partial charge in [0.05, 0.1) is 11.7 Å². The Hall–Kier alpha value is -0.410. The molecule has 2 rings (SSSR count). The standard InChI is InChI=1S/C16H25BrN2/c1-3-9-18-15(13-7-4-6-12(2)11-13)16-14(17)8-5-10-19-16/h5,8,10,12-13,15,18H,3-4,6-7,9,11H2,1-2H3. The van der Waals surface area contributed by atoms with E-state index in [0.717, 1.165) is 22.9 Å². The molecule has 1 N–H and O–H groups in total. The fourth-order valence-electron chi connectivity index (χ4n) is 3.20. The molecule has 0 saturated heterocycles. The summed E-state index contributed by atoms with van der Waals surface area (Å²) in [6.07, 6.45) is 8.48. The fraction of sp³-hybridized carbons (Fsp3) is 0.688. The van der Waals surface area contributed by atoms with Crippen LogP contribution in [0.15, 0.2) is 22.8 Å². The average molecular weight is 325 g/mol. The maximum atomic E-state index is 4.62. The summed E-state index contributed by atoms with van der Waals surface area (Å²) < 4.78 is 1.14. The van der Waals surface area contributed by atoms with Crippen LogP contribution in [0.2, 0.25) is 0 Å². The topological polar surface area (TPSA) is 24.9 Å². The molecule has 1 fully saturated rings. The minimum atomic E-state index is 0.401. The van der Waals surface area contributed by atoms with E-state index < -0.39 is 0 Å². The predicted molar refractivity (Wildman–Crippen MR) is 84.1 cm³/mol. The number of rotatable bonds is 5. The van der Waals surface area contributed by atoms with Crippen LogP contribution in [0, 0.1) is 11.8 Å². The Balaban J connectivity index is 2.17. The summed E-state index contributed by atoms with van der Waals surface area (Å²) >= 11 is 3.67. The Bertz CT molecular complexity index is 394. The number of hydrogen-bond donors (Lipinski definition) is 1. The minimum Gasteiger partial charge on any atom is -0.308 e. The summed E-state index contributed by atoms with van der Waals surface area (Å²) in [6, 6.07) is 4.50. The quantitative estimate of drug-likeness (QED) is 0.848. The second kappa shape index (κ2) is 7.39. The monoisotopic (exact) mass is 324 g/mol. The third-order valence-electron chi connectivity index (χ3n) is 4.14. The number of halogens is 1. The van der Waals surface area contributed by atoms with E-state index in [-0.39, 0.29) is 0 Å². The van der Waals surface area contributed by atoms with Gasteiger partial charge in [-0.25, -0.2) is 0 Å².